The normalized spacial score (nSPS) is 15.1. The highest BCUT2D eigenvalue weighted by atomic mass is 16.2. The zero-order valence-corrected chi connectivity index (χ0v) is 12.0. The van der Waals surface area contributed by atoms with Crippen molar-refractivity contribution in [1.29, 1.82) is 0 Å². The number of amides is 1. The van der Waals surface area contributed by atoms with Crippen molar-refractivity contribution < 1.29 is 4.79 Å². The topological polar surface area (TPSA) is 20.3 Å². The van der Waals surface area contributed by atoms with Crippen molar-refractivity contribution >= 4 is 5.91 Å². The molecule has 0 radical (unpaired) electrons. The summed E-state index contributed by atoms with van der Waals surface area (Å²) in [6.07, 6.45) is 2.50. The van der Waals surface area contributed by atoms with Gasteiger partial charge in [0.15, 0.2) is 0 Å². The average Bonchev–Trinajstić information content (AvgIpc) is 2.37. The molecule has 100 valence electrons. The first kappa shape index (κ1) is 13.6. The lowest BCUT2D eigenvalue weighted by Gasteiger charge is -2.30. The molecule has 0 atom stereocenters. The van der Waals surface area contributed by atoms with Gasteiger partial charge in [0, 0.05) is 17.8 Å². The Morgan fingerprint density at radius 3 is 2.63 bits per heavy atom. The van der Waals surface area contributed by atoms with Crippen LogP contribution in [0.3, 0.4) is 0 Å². The summed E-state index contributed by atoms with van der Waals surface area (Å²) in [6.45, 7) is 14.8. The number of rotatable bonds is 2. The standard InChI is InChI=1S/C17H21NO/c1-6-12(2)18-10-9-13-11-14(17(3,4)5)7-8-15(13)16(18)19/h6-8,11H,1-2,9-10H2,3-5H3. The van der Waals surface area contributed by atoms with Crippen LogP contribution in [0.4, 0.5) is 0 Å². The molecule has 19 heavy (non-hydrogen) atoms. The van der Waals surface area contributed by atoms with Gasteiger partial charge in [-0.1, -0.05) is 46.1 Å². The first-order chi connectivity index (χ1) is 8.84. The molecule has 0 aliphatic carbocycles. The molecule has 0 saturated heterocycles. The largest absolute Gasteiger partial charge is 0.309 e. The summed E-state index contributed by atoms with van der Waals surface area (Å²) < 4.78 is 0. The van der Waals surface area contributed by atoms with Crippen molar-refractivity contribution in [2.24, 2.45) is 0 Å². The van der Waals surface area contributed by atoms with Crippen molar-refractivity contribution in [3.05, 3.63) is 59.8 Å². The molecule has 1 aliphatic heterocycles. The Kier molecular flexibility index (Phi) is 3.36. The van der Waals surface area contributed by atoms with E-state index >= 15 is 0 Å². The summed E-state index contributed by atoms with van der Waals surface area (Å²) in [5.41, 5.74) is 4.00. The van der Waals surface area contributed by atoms with Gasteiger partial charge in [-0.2, -0.15) is 0 Å². The summed E-state index contributed by atoms with van der Waals surface area (Å²) in [5, 5.41) is 0. The van der Waals surface area contributed by atoms with E-state index in [1.807, 2.05) is 6.07 Å². The minimum Gasteiger partial charge on any atom is -0.309 e. The summed E-state index contributed by atoms with van der Waals surface area (Å²) >= 11 is 0. The third kappa shape index (κ3) is 2.48. The quantitative estimate of drug-likeness (QED) is 0.738. The lowest BCUT2D eigenvalue weighted by molar-refractivity contribution is 0.0797. The summed E-state index contributed by atoms with van der Waals surface area (Å²) in [7, 11) is 0. The molecular weight excluding hydrogens is 234 g/mol. The van der Waals surface area contributed by atoms with E-state index in [1.165, 1.54) is 5.56 Å². The molecule has 0 spiro atoms. The molecule has 1 heterocycles. The maximum Gasteiger partial charge on any atom is 0.258 e. The van der Waals surface area contributed by atoms with Gasteiger partial charge in [0.25, 0.3) is 5.91 Å². The summed E-state index contributed by atoms with van der Waals surface area (Å²) in [6, 6.07) is 6.17. The maximum absolute atomic E-state index is 12.4. The lowest BCUT2D eigenvalue weighted by Crippen LogP contribution is -2.36. The molecule has 0 saturated carbocycles. The minimum atomic E-state index is 0.0339. The third-order valence-corrected chi connectivity index (χ3v) is 3.63. The third-order valence-electron chi connectivity index (χ3n) is 3.63. The van der Waals surface area contributed by atoms with Gasteiger partial charge in [-0.15, -0.1) is 0 Å². The van der Waals surface area contributed by atoms with Crippen LogP contribution in [0.1, 0.15) is 42.3 Å². The number of hydrogen-bond acceptors (Lipinski definition) is 1. The van der Waals surface area contributed by atoms with Gasteiger partial charge in [0.05, 0.1) is 0 Å². The van der Waals surface area contributed by atoms with E-state index in [-0.39, 0.29) is 11.3 Å². The summed E-state index contributed by atoms with van der Waals surface area (Å²) in [4.78, 5) is 14.1. The van der Waals surface area contributed by atoms with Gasteiger partial charge >= 0.3 is 0 Å². The van der Waals surface area contributed by atoms with E-state index in [1.54, 1.807) is 11.0 Å². The van der Waals surface area contributed by atoms with E-state index in [0.29, 0.717) is 12.2 Å². The molecule has 2 heteroatoms. The predicted octanol–water partition coefficient (Wildman–Crippen LogP) is 3.68. The molecule has 2 nitrogen and oxygen atoms in total. The smallest absolute Gasteiger partial charge is 0.258 e. The molecule has 0 aromatic heterocycles. The van der Waals surface area contributed by atoms with Crippen LogP contribution in [-0.2, 0) is 11.8 Å². The Morgan fingerprint density at radius 2 is 2.05 bits per heavy atom. The molecule has 1 aliphatic rings. The van der Waals surface area contributed by atoms with Crippen LogP contribution in [0.5, 0.6) is 0 Å². The van der Waals surface area contributed by atoms with Gasteiger partial charge in [0.1, 0.15) is 0 Å². The van der Waals surface area contributed by atoms with Crippen LogP contribution in [0, 0.1) is 0 Å². The number of carbonyl (C=O) groups is 1. The van der Waals surface area contributed by atoms with Crippen molar-refractivity contribution in [3.8, 4) is 0 Å². The van der Waals surface area contributed by atoms with Gasteiger partial charge in [0.2, 0.25) is 0 Å². The lowest BCUT2D eigenvalue weighted by atomic mass is 9.84. The highest BCUT2D eigenvalue weighted by Gasteiger charge is 2.26. The number of allylic oxidation sites excluding steroid dienone is 1. The fraction of sp³-hybridized carbons (Fsp3) is 0.353. The SMILES string of the molecule is C=CC(=C)N1CCc2cc(C(C)(C)C)ccc2C1=O. The summed E-state index contributed by atoms with van der Waals surface area (Å²) in [5.74, 6) is 0.0339. The first-order valence-electron chi connectivity index (χ1n) is 6.61. The molecule has 0 fully saturated rings. The molecule has 1 amide bonds. The van der Waals surface area contributed by atoms with Crippen LogP contribution >= 0.6 is 0 Å². The van der Waals surface area contributed by atoms with Crippen molar-refractivity contribution in [1.82, 2.24) is 4.90 Å². The Bertz CT molecular complexity index is 549. The monoisotopic (exact) mass is 255 g/mol. The van der Waals surface area contributed by atoms with Gasteiger partial charge in [-0.05, 0) is 35.1 Å². The number of benzene rings is 1. The van der Waals surface area contributed by atoms with E-state index in [2.05, 4.69) is 46.1 Å². The average molecular weight is 255 g/mol. The Hall–Kier alpha value is -1.83. The molecule has 2 rings (SSSR count). The van der Waals surface area contributed by atoms with Gasteiger partial charge in [-0.3, -0.25) is 4.79 Å². The van der Waals surface area contributed by atoms with Crippen molar-refractivity contribution in [2.45, 2.75) is 32.6 Å². The number of nitrogens with zero attached hydrogens (tertiary/aromatic N) is 1. The van der Waals surface area contributed by atoms with Crippen molar-refractivity contribution in [2.75, 3.05) is 6.54 Å². The number of carbonyl (C=O) groups excluding carboxylic acids is 1. The number of hydrogen-bond donors (Lipinski definition) is 0. The van der Waals surface area contributed by atoms with E-state index < -0.39 is 0 Å². The highest BCUT2D eigenvalue weighted by Crippen LogP contribution is 2.28. The Balaban J connectivity index is 2.39. The number of fused-ring (bicyclic) bond motifs is 1. The molecule has 1 aromatic rings. The fourth-order valence-electron chi connectivity index (χ4n) is 2.34. The van der Waals surface area contributed by atoms with Gasteiger partial charge < -0.3 is 4.90 Å². The fourth-order valence-corrected chi connectivity index (χ4v) is 2.34. The maximum atomic E-state index is 12.4. The highest BCUT2D eigenvalue weighted by molar-refractivity contribution is 5.98. The minimum absolute atomic E-state index is 0.0339. The molecular formula is C17H21NO. The predicted molar refractivity (Wildman–Crippen MR) is 79.2 cm³/mol. The van der Waals surface area contributed by atoms with E-state index in [4.69, 9.17) is 0 Å². The molecule has 0 bridgehead atoms. The second-order valence-electron chi connectivity index (χ2n) is 6.02. The van der Waals surface area contributed by atoms with Crippen LogP contribution in [0.15, 0.2) is 43.1 Å². The molecule has 0 N–H and O–H groups in total. The zero-order chi connectivity index (χ0) is 14.2. The van der Waals surface area contributed by atoms with Crippen LogP contribution < -0.4 is 0 Å². The second-order valence-corrected chi connectivity index (χ2v) is 6.02. The zero-order valence-electron chi connectivity index (χ0n) is 12.0. The second kappa shape index (κ2) is 4.69. The van der Waals surface area contributed by atoms with Crippen LogP contribution in [-0.4, -0.2) is 17.4 Å². The van der Waals surface area contributed by atoms with Crippen LogP contribution in [0.25, 0.3) is 0 Å². The van der Waals surface area contributed by atoms with Gasteiger partial charge in [-0.25, -0.2) is 0 Å². The Morgan fingerprint density at radius 1 is 1.37 bits per heavy atom. The van der Waals surface area contributed by atoms with E-state index in [0.717, 1.165) is 17.5 Å². The molecule has 1 aromatic carbocycles. The Labute approximate surface area is 115 Å². The van der Waals surface area contributed by atoms with Crippen molar-refractivity contribution in [3.63, 3.8) is 0 Å². The van der Waals surface area contributed by atoms with Crippen LogP contribution in [0.2, 0.25) is 0 Å². The first-order valence-corrected chi connectivity index (χ1v) is 6.61. The molecule has 0 unspecified atom stereocenters. The van der Waals surface area contributed by atoms with E-state index in [9.17, 15) is 4.79 Å².